The van der Waals surface area contributed by atoms with Crippen LogP contribution in [0.25, 0.3) is 0 Å². The molecule has 1 fully saturated rings. The largest absolute Gasteiger partial charge is 0.497 e. The second kappa shape index (κ2) is 9.61. The second-order valence-electron chi connectivity index (χ2n) is 6.05. The molecule has 0 amide bonds. The Balaban J connectivity index is 0.00000264. The Labute approximate surface area is 161 Å². The van der Waals surface area contributed by atoms with Crippen molar-refractivity contribution in [3.8, 4) is 5.75 Å². The summed E-state index contributed by atoms with van der Waals surface area (Å²) in [6, 6.07) is 8.11. The number of hydrogen-bond acceptors (Lipinski definition) is 3. The minimum Gasteiger partial charge on any atom is -0.497 e. The fourth-order valence-corrected chi connectivity index (χ4v) is 3.67. The first-order chi connectivity index (χ1) is 10.5. The van der Waals surface area contributed by atoms with E-state index in [2.05, 4.69) is 37.1 Å². The van der Waals surface area contributed by atoms with Gasteiger partial charge in [0.25, 0.3) is 0 Å². The van der Waals surface area contributed by atoms with Crippen LogP contribution in [0, 0.1) is 0 Å². The number of hydrogen-bond donors (Lipinski definition) is 1. The number of benzene rings is 1. The number of nitrogens with one attached hydrogen (secondary N) is 1. The van der Waals surface area contributed by atoms with Gasteiger partial charge >= 0.3 is 0 Å². The number of guanidine groups is 1. The third-order valence-electron chi connectivity index (χ3n) is 3.61. The quantitative estimate of drug-likeness (QED) is 0.433. The molecule has 6 heteroatoms. The van der Waals surface area contributed by atoms with E-state index in [4.69, 9.17) is 9.73 Å². The average molecular weight is 449 g/mol. The molecule has 2 rings (SSSR count). The zero-order valence-electron chi connectivity index (χ0n) is 14.5. The van der Waals surface area contributed by atoms with E-state index in [-0.39, 0.29) is 28.7 Å². The number of aliphatic imine (C=N–C) groups is 1. The van der Waals surface area contributed by atoms with E-state index in [1.807, 2.05) is 30.0 Å². The van der Waals surface area contributed by atoms with Crippen LogP contribution in [0.5, 0.6) is 5.75 Å². The summed E-state index contributed by atoms with van der Waals surface area (Å²) in [4.78, 5) is 7.19. The zero-order chi connectivity index (χ0) is 16.0. The predicted octanol–water partition coefficient (Wildman–Crippen LogP) is 3.61. The number of methoxy groups -OCH3 is 1. The van der Waals surface area contributed by atoms with Crippen LogP contribution in [0.15, 0.2) is 29.3 Å². The highest BCUT2D eigenvalue weighted by molar-refractivity contribution is 14.0. The molecule has 0 unspecified atom stereocenters. The fourth-order valence-electron chi connectivity index (χ4n) is 2.56. The standard InChI is InChI=1S/C17H27N3OS.HI/c1-5-18-16(20-9-10-22-17(2,3)13-20)19-12-14-7-6-8-15(11-14)21-4;/h6-8,11H,5,9-10,12-13H2,1-4H3,(H,18,19);1H. The summed E-state index contributed by atoms with van der Waals surface area (Å²) in [6.07, 6.45) is 0. The second-order valence-corrected chi connectivity index (χ2v) is 7.85. The maximum atomic E-state index is 5.28. The van der Waals surface area contributed by atoms with Crippen molar-refractivity contribution in [1.82, 2.24) is 10.2 Å². The van der Waals surface area contributed by atoms with Gasteiger partial charge in [-0.05, 0) is 38.5 Å². The maximum absolute atomic E-state index is 5.28. The van der Waals surface area contributed by atoms with Crippen LogP contribution >= 0.6 is 35.7 Å². The topological polar surface area (TPSA) is 36.9 Å². The normalized spacial score (nSPS) is 17.4. The summed E-state index contributed by atoms with van der Waals surface area (Å²) in [5.74, 6) is 3.04. The molecule has 1 aliphatic heterocycles. The van der Waals surface area contributed by atoms with Crippen molar-refractivity contribution >= 4 is 41.7 Å². The summed E-state index contributed by atoms with van der Waals surface area (Å²) in [6.45, 7) is 10.4. The Morgan fingerprint density at radius 2 is 2.22 bits per heavy atom. The number of halogens is 1. The van der Waals surface area contributed by atoms with Gasteiger partial charge in [0.05, 0.1) is 13.7 Å². The first kappa shape index (κ1) is 20.4. The molecular formula is C17H28IN3OS. The van der Waals surface area contributed by atoms with Crippen molar-refractivity contribution in [1.29, 1.82) is 0 Å². The Morgan fingerprint density at radius 3 is 2.87 bits per heavy atom. The third kappa shape index (κ3) is 6.41. The number of rotatable bonds is 4. The molecule has 23 heavy (non-hydrogen) atoms. The monoisotopic (exact) mass is 449 g/mol. The summed E-state index contributed by atoms with van der Waals surface area (Å²) < 4.78 is 5.56. The molecule has 1 saturated heterocycles. The molecule has 1 aromatic carbocycles. The van der Waals surface area contributed by atoms with Crippen molar-refractivity contribution in [2.24, 2.45) is 4.99 Å². The molecule has 1 heterocycles. The van der Waals surface area contributed by atoms with Crippen LogP contribution in [0.4, 0.5) is 0 Å². The molecule has 0 aromatic heterocycles. The minimum absolute atomic E-state index is 0. The smallest absolute Gasteiger partial charge is 0.194 e. The highest BCUT2D eigenvalue weighted by Crippen LogP contribution is 2.29. The molecule has 1 aliphatic rings. The Kier molecular flexibility index (Phi) is 8.53. The van der Waals surface area contributed by atoms with E-state index < -0.39 is 0 Å². The van der Waals surface area contributed by atoms with Crippen molar-refractivity contribution in [3.05, 3.63) is 29.8 Å². The molecule has 0 spiro atoms. The number of ether oxygens (including phenoxy) is 1. The summed E-state index contributed by atoms with van der Waals surface area (Å²) in [5.41, 5.74) is 1.17. The molecule has 1 aromatic rings. The molecule has 0 atom stereocenters. The van der Waals surface area contributed by atoms with E-state index in [1.54, 1.807) is 7.11 Å². The average Bonchev–Trinajstić information content (AvgIpc) is 2.50. The van der Waals surface area contributed by atoms with Crippen LogP contribution < -0.4 is 10.1 Å². The van der Waals surface area contributed by atoms with Gasteiger partial charge in [0, 0.05) is 30.1 Å². The summed E-state index contributed by atoms with van der Waals surface area (Å²) in [7, 11) is 1.69. The molecule has 1 N–H and O–H groups in total. The summed E-state index contributed by atoms with van der Waals surface area (Å²) >= 11 is 2.04. The van der Waals surface area contributed by atoms with Crippen LogP contribution in [0.1, 0.15) is 26.3 Å². The molecule has 4 nitrogen and oxygen atoms in total. The van der Waals surface area contributed by atoms with Gasteiger partial charge in [-0.1, -0.05) is 12.1 Å². The van der Waals surface area contributed by atoms with Gasteiger partial charge in [-0.2, -0.15) is 11.8 Å². The number of nitrogens with zero attached hydrogens (tertiary/aromatic N) is 2. The van der Waals surface area contributed by atoms with Crippen LogP contribution in [-0.4, -0.2) is 48.1 Å². The molecule has 0 aliphatic carbocycles. The van der Waals surface area contributed by atoms with E-state index in [0.29, 0.717) is 6.54 Å². The van der Waals surface area contributed by atoms with Crippen LogP contribution in [-0.2, 0) is 6.54 Å². The van der Waals surface area contributed by atoms with E-state index in [1.165, 1.54) is 5.56 Å². The van der Waals surface area contributed by atoms with Gasteiger partial charge in [-0.15, -0.1) is 24.0 Å². The minimum atomic E-state index is 0. The van der Waals surface area contributed by atoms with Gasteiger partial charge in [0.2, 0.25) is 0 Å². The molecule has 130 valence electrons. The van der Waals surface area contributed by atoms with E-state index >= 15 is 0 Å². The van der Waals surface area contributed by atoms with Gasteiger partial charge in [-0.3, -0.25) is 0 Å². The van der Waals surface area contributed by atoms with Gasteiger partial charge in [0.15, 0.2) is 5.96 Å². The molecule has 0 bridgehead atoms. The lowest BCUT2D eigenvalue weighted by molar-refractivity contribution is 0.376. The third-order valence-corrected chi connectivity index (χ3v) is 4.90. The zero-order valence-corrected chi connectivity index (χ0v) is 17.6. The lowest BCUT2D eigenvalue weighted by Gasteiger charge is -2.39. The highest BCUT2D eigenvalue weighted by Gasteiger charge is 2.28. The van der Waals surface area contributed by atoms with Crippen LogP contribution in [0.2, 0.25) is 0 Å². The van der Waals surface area contributed by atoms with Crippen molar-refractivity contribution < 1.29 is 4.74 Å². The highest BCUT2D eigenvalue weighted by atomic mass is 127. The molecule has 0 radical (unpaired) electrons. The Bertz CT molecular complexity index is 522. The first-order valence-electron chi connectivity index (χ1n) is 7.84. The lowest BCUT2D eigenvalue weighted by atomic mass is 10.2. The van der Waals surface area contributed by atoms with E-state index in [0.717, 1.165) is 37.1 Å². The maximum Gasteiger partial charge on any atom is 0.194 e. The van der Waals surface area contributed by atoms with Crippen molar-refractivity contribution in [3.63, 3.8) is 0 Å². The Morgan fingerprint density at radius 1 is 1.43 bits per heavy atom. The van der Waals surface area contributed by atoms with Gasteiger partial charge in [0.1, 0.15) is 5.75 Å². The fraction of sp³-hybridized carbons (Fsp3) is 0.588. The van der Waals surface area contributed by atoms with Gasteiger partial charge in [-0.25, -0.2) is 4.99 Å². The molecule has 0 saturated carbocycles. The van der Waals surface area contributed by atoms with Crippen molar-refractivity contribution in [2.75, 3.05) is 32.5 Å². The van der Waals surface area contributed by atoms with Crippen LogP contribution in [0.3, 0.4) is 0 Å². The van der Waals surface area contributed by atoms with E-state index in [9.17, 15) is 0 Å². The SMILES string of the molecule is CCNC(=NCc1cccc(OC)c1)N1CCSC(C)(C)C1.I. The number of thioether (sulfide) groups is 1. The lowest BCUT2D eigenvalue weighted by Crippen LogP contribution is -2.50. The Hall–Kier alpha value is -0.630. The first-order valence-corrected chi connectivity index (χ1v) is 8.83. The summed E-state index contributed by atoms with van der Waals surface area (Å²) in [5, 5.41) is 3.42. The van der Waals surface area contributed by atoms with Crippen molar-refractivity contribution in [2.45, 2.75) is 32.1 Å². The molecular weight excluding hydrogens is 421 g/mol. The predicted molar refractivity (Wildman–Crippen MR) is 111 cm³/mol. The van der Waals surface area contributed by atoms with Gasteiger partial charge < -0.3 is 15.0 Å².